The number of benzene rings is 1. The second-order valence-electron chi connectivity index (χ2n) is 4.21. The van der Waals surface area contributed by atoms with Crippen molar-refractivity contribution in [1.29, 1.82) is 0 Å². The number of hydrogen-bond acceptors (Lipinski definition) is 3. The molecule has 0 aliphatic carbocycles. The molecule has 0 saturated carbocycles. The fourth-order valence-electron chi connectivity index (χ4n) is 1.58. The van der Waals surface area contributed by atoms with Gasteiger partial charge in [-0.2, -0.15) is 0 Å². The summed E-state index contributed by atoms with van der Waals surface area (Å²) in [6.45, 7) is 2.20. The third-order valence-corrected chi connectivity index (χ3v) is 8.38. The Kier molecular flexibility index (Phi) is 8.53. The number of rotatable bonds is 8. The van der Waals surface area contributed by atoms with Crippen LogP contribution in [0.15, 0.2) is 32.6 Å². The average molecular weight is 423 g/mol. The van der Waals surface area contributed by atoms with Crippen LogP contribution < -0.4 is 4.46 Å². The first-order valence-electron chi connectivity index (χ1n) is 6.43. The molecule has 0 N–H and O–H groups in total. The van der Waals surface area contributed by atoms with Crippen LogP contribution in [0.25, 0.3) is 0 Å². The van der Waals surface area contributed by atoms with Crippen LogP contribution in [0, 0.1) is 10.1 Å². The Hall–Kier alpha value is -0.291. The molecule has 0 spiro atoms. The van der Waals surface area contributed by atoms with Crippen molar-refractivity contribution in [3.8, 4) is 0 Å². The van der Waals surface area contributed by atoms with E-state index >= 15 is 0 Å². The Morgan fingerprint density at radius 1 is 1.35 bits per heavy atom. The van der Waals surface area contributed by atoms with Crippen LogP contribution >= 0.6 is 27.7 Å². The summed E-state index contributed by atoms with van der Waals surface area (Å²) in [4.78, 5) is 10.3. The zero-order valence-electron chi connectivity index (χ0n) is 11.6. The predicted molar refractivity (Wildman–Crippen MR) is 92.1 cm³/mol. The summed E-state index contributed by atoms with van der Waals surface area (Å²) in [7, 11) is 0. The molecule has 0 aliphatic rings. The van der Waals surface area contributed by atoms with Gasteiger partial charge in [0.1, 0.15) is 0 Å². The van der Waals surface area contributed by atoms with Gasteiger partial charge in [0.25, 0.3) is 0 Å². The zero-order chi connectivity index (χ0) is 15.0. The summed E-state index contributed by atoms with van der Waals surface area (Å²) in [5.41, 5.74) is 0.154. The van der Waals surface area contributed by atoms with Gasteiger partial charge in [0, 0.05) is 0 Å². The molecule has 0 unspecified atom stereocenters. The SMILES string of the molecule is CCCCC/C(Br)=C(/SC)[Se]c1ccc([N+](=O)[O-])cc1. The van der Waals surface area contributed by atoms with Crippen molar-refractivity contribution < 1.29 is 4.92 Å². The van der Waals surface area contributed by atoms with Gasteiger partial charge >= 0.3 is 139 Å². The standard InChI is InChI=1S/C14H18BrNO2SSe/c1-3-4-5-6-13(15)14(19-2)20-12-9-7-11(8-10-12)16(17)18/h7-10H,3-6H2,1-2H3/b14-13+. The molecule has 0 aliphatic heterocycles. The van der Waals surface area contributed by atoms with E-state index in [0.29, 0.717) is 0 Å². The number of nitro groups is 1. The molecule has 0 amide bonds. The topological polar surface area (TPSA) is 43.1 Å². The quantitative estimate of drug-likeness (QED) is 0.269. The van der Waals surface area contributed by atoms with Crippen LogP contribution in [0.5, 0.6) is 0 Å². The van der Waals surface area contributed by atoms with Gasteiger partial charge in [0.2, 0.25) is 0 Å². The number of hydrogen-bond donors (Lipinski definition) is 0. The van der Waals surface area contributed by atoms with Crippen LogP contribution in [0.1, 0.15) is 32.6 Å². The molecule has 3 nitrogen and oxygen atoms in total. The van der Waals surface area contributed by atoms with Crippen LogP contribution in [0.3, 0.4) is 0 Å². The Morgan fingerprint density at radius 2 is 2.00 bits per heavy atom. The molecular formula is C14H18BrNO2SSe. The number of unbranched alkanes of at least 4 members (excludes halogenated alkanes) is 2. The van der Waals surface area contributed by atoms with Gasteiger partial charge in [0.05, 0.1) is 0 Å². The monoisotopic (exact) mass is 423 g/mol. The first-order valence-corrected chi connectivity index (χ1v) is 10.2. The summed E-state index contributed by atoms with van der Waals surface area (Å²) in [5.74, 6) is 0. The Balaban J connectivity index is 2.71. The number of non-ortho nitro benzene ring substituents is 1. The van der Waals surface area contributed by atoms with E-state index in [9.17, 15) is 10.1 Å². The molecule has 6 heteroatoms. The van der Waals surface area contributed by atoms with Gasteiger partial charge < -0.3 is 0 Å². The third-order valence-electron chi connectivity index (χ3n) is 2.66. The van der Waals surface area contributed by atoms with Crippen molar-refractivity contribution in [3.63, 3.8) is 0 Å². The Morgan fingerprint density at radius 3 is 2.50 bits per heavy atom. The predicted octanol–water partition coefficient (Wildman–Crippen LogP) is 4.43. The molecule has 0 atom stereocenters. The molecule has 0 radical (unpaired) electrons. The van der Waals surface area contributed by atoms with Crippen molar-refractivity contribution in [3.05, 3.63) is 42.7 Å². The van der Waals surface area contributed by atoms with E-state index in [1.807, 2.05) is 12.1 Å². The number of halogens is 1. The van der Waals surface area contributed by atoms with E-state index < -0.39 is 0 Å². The molecular weight excluding hydrogens is 405 g/mol. The summed E-state index contributed by atoms with van der Waals surface area (Å²) in [6.07, 6.45) is 6.85. The maximum atomic E-state index is 10.6. The zero-order valence-corrected chi connectivity index (χ0v) is 15.7. The third kappa shape index (κ3) is 6.00. The van der Waals surface area contributed by atoms with E-state index in [2.05, 4.69) is 29.1 Å². The van der Waals surface area contributed by atoms with E-state index in [1.165, 1.54) is 32.0 Å². The molecule has 20 heavy (non-hydrogen) atoms. The molecule has 1 rings (SSSR count). The molecule has 0 saturated heterocycles. The molecule has 0 bridgehead atoms. The van der Waals surface area contributed by atoms with Crippen LogP contribution in [-0.2, 0) is 0 Å². The van der Waals surface area contributed by atoms with Crippen LogP contribution in [0.2, 0.25) is 0 Å². The minimum absolute atomic E-state index is 0.154. The van der Waals surface area contributed by atoms with E-state index in [1.54, 1.807) is 23.9 Å². The Bertz CT molecular complexity index is 477. The molecule has 1 aromatic rings. The second-order valence-corrected chi connectivity index (χ2v) is 8.84. The fraction of sp³-hybridized carbons (Fsp3) is 0.429. The van der Waals surface area contributed by atoms with Gasteiger partial charge in [-0.05, 0) is 0 Å². The number of allylic oxidation sites excluding steroid dienone is 1. The number of nitro benzene ring substituents is 1. The molecule has 0 fully saturated rings. The molecule has 1 aromatic carbocycles. The Labute approximate surface area is 139 Å². The van der Waals surface area contributed by atoms with Gasteiger partial charge in [-0.15, -0.1) is 0 Å². The second kappa shape index (κ2) is 9.61. The normalized spacial score (nSPS) is 12.2. The first-order chi connectivity index (χ1) is 9.58. The maximum absolute atomic E-state index is 10.6. The average Bonchev–Trinajstić information content (AvgIpc) is 2.45. The van der Waals surface area contributed by atoms with E-state index in [-0.39, 0.29) is 25.6 Å². The van der Waals surface area contributed by atoms with Crippen molar-refractivity contribution in [2.24, 2.45) is 0 Å². The van der Waals surface area contributed by atoms with Crippen LogP contribution in [0.4, 0.5) is 5.69 Å². The van der Waals surface area contributed by atoms with Gasteiger partial charge in [-0.3, -0.25) is 0 Å². The van der Waals surface area contributed by atoms with Crippen LogP contribution in [-0.4, -0.2) is 26.1 Å². The van der Waals surface area contributed by atoms with Crippen molar-refractivity contribution >= 4 is 52.8 Å². The summed E-state index contributed by atoms with van der Waals surface area (Å²) in [5, 5.41) is 10.6. The molecule has 0 heterocycles. The number of thioether (sulfide) groups is 1. The summed E-state index contributed by atoms with van der Waals surface area (Å²) < 4.78 is 3.82. The molecule has 0 aromatic heterocycles. The molecule has 110 valence electrons. The van der Waals surface area contributed by atoms with Gasteiger partial charge in [-0.25, -0.2) is 0 Å². The van der Waals surface area contributed by atoms with Crippen molar-refractivity contribution in [1.82, 2.24) is 0 Å². The fourth-order valence-corrected chi connectivity index (χ4v) is 5.67. The van der Waals surface area contributed by atoms with Gasteiger partial charge in [-0.1, -0.05) is 0 Å². The summed E-state index contributed by atoms with van der Waals surface area (Å²) in [6, 6.07) is 6.89. The van der Waals surface area contributed by atoms with Crippen molar-refractivity contribution in [2.75, 3.05) is 6.26 Å². The van der Waals surface area contributed by atoms with E-state index in [0.717, 1.165) is 6.42 Å². The summed E-state index contributed by atoms with van der Waals surface area (Å²) >= 11 is 5.67. The van der Waals surface area contributed by atoms with E-state index in [4.69, 9.17) is 0 Å². The van der Waals surface area contributed by atoms with Gasteiger partial charge in [0.15, 0.2) is 0 Å². The number of nitrogens with zero attached hydrogens (tertiary/aromatic N) is 1. The minimum atomic E-state index is -0.358. The van der Waals surface area contributed by atoms with Crippen molar-refractivity contribution in [2.45, 2.75) is 32.6 Å². The first kappa shape index (κ1) is 17.8.